The van der Waals surface area contributed by atoms with Crippen LogP contribution in [0, 0.1) is 17.2 Å². The number of hydrogen-bond donors (Lipinski definition) is 3. The summed E-state index contributed by atoms with van der Waals surface area (Å²) in [6.45, 7) is 1.81. The lowest BCUT2D eigenvalue weighted by molar-refractivity contribution is -0.274. The minimum atomic E-state index is -4.96. The predicted molar refractivity (Wildman–Crippen MR) is 122 cm³/mol. The third kappa shape index (κ3) is 6.10. The van der Waals surface area contributed by atoms with Crippen molar-refractivity contribution in [2.75, 3.05) is 26.2 Å². The minimum absolute atomic E-state index is 0.0226. The molecular weight excluding hydrogens is 498 g/mol. The van der Waals surface area contributed by atoms with Crippen LogP contribution in [-0.2, 0) is 16.1 Å². The van der Waals surface area contributed by atoms with E-state index in [1.165, 1.54) is 0 Å². The summed E-state index contributed by atoms with van der Waals surface area (Å²) in [6, 6.07) is 3.16. The van der Waals surface area contributed by atoms with Gasteiger partial charge in [0.1, 0.15) is 18.2 Å². The molecule has 3 saturated heterocycles. The third-order valence-corrected chi connectivity index (χ3v) is 7.91. The number of rotatable bonds is 4. The Morgan fingerprint density at radius 2 is 1.81 bits per heavy atom. The van der Waals surface area contributed by atoms with Gasteiger partial charge in [-0.25, -0.2) is 20.0 Å². The van der Waals surface area contributed by atoms with Gasteiger partial charge in [-0.3, -0.25) is 4.79 Å². The molecule has 204 valence electrons. The van der Waals surface area contributed by atoms with Crippen LogP contribution in [-0.4, -0.2) is 66.4 Å². The van der Waals surface area contributed by atoms with Crippen molar-refractivity contribution >= 4 is 12.0 Å². The van der Waals surface area contributed by atoms with Gasteiger partial charge in [0.05, 0.1) is 0 Å². The highest BCUT2D eigenvalue weighted by atomic mass is 19.4. The predicted octanol–water partition coefficient (Wildman–Crippen LogP) is 2.83. The number of halogens is 4. The Morgan fingerprint density at radius 3 is 2.62 bits per heavy atom. The van der Waals surface area contributed by atoms with Crippen LogP contribution in [0.2, 0.25) is 0 Å². The van der Waals surface area contributed by atoms with E-state index in [9.17, 15) is 27.2 Å². The van der Waals surface area contributed by atoms with Gasteiger partial charge in [-0.2, -0.15) is 5.53 Å². The molecule has 3 heterocycles. The zero-order chi connectivity index (χ0) is 26.2. The maximum atomic E-state index is 13.7. The number of nitrogens with one attached hydrogen (secondary N) is 3. The molecule has 1 aromatic carbocycles. The molecule has 9 nitrogen and oxygen atoms in total. The Balaban J connectivity index is 1.14. The van der Waals surface area contributed by atoms with Gasteiger partial charge in [0.25, 0.3) is 0 Å². The van der Waals surface area contributed by atoms with Crippen LogP contribution in [0.1, 0.15) is 44.1 Å². The molecule has 0 radical (unpaired) electrons. The quantitative estimate of drug-likeness (QED) is 0.517. The highest BCUT2D eigenvalue weighted by molar-refractivity contribution is 5.79. The standard InChI is InChI=1S/C24H31F4N5O4/c25-17-8-15(9-18(11-17)37-24(26,27)28)12-36-22(35)33-7-5-23(14-33)4-1-6-32(13-23)21(34)16-2-3-19-20(10-16)30-31-29-19/h8-9,11,16,19-20,29-31H,1-7,10,12-14H2. The Morgan fingerprint density at radius 1 is 1.03 bits per heavy atom. The first-order chi connectivity index (χ1) is 17.6. The molecule has 3 N–H and O–H groups in total. The summed E-state index contributed by atoms with van der Waals surface area (Å²) in [5, 5.41) is 0. The maximum absolute atomic E-state index is 13.7. The number of likely N-dealkylation sites (tertiary alicyclic amines) is 2. The summed E-state index contributed by atoms with van der Waals surface area (Å²) < 4.78 is 60.2. The Hall–Kier alpha value is -2.64. The first-order valence-corrected chi connectivity index (χ1v) is 12.6. The summed E-state index contributed by atoms with van der Waals surface area (Å²) >= 11 is 0. The highest BCUT2D eigenvalue weighted by Crippen LogP contribution is 2.40. The fourth-order valence-corrected chi connectivity index (χ4v) is 6.17. The van der Waals surface area contributed by atoms with E-state index in [1.54, 1.807) is 4.90 Å². The van der Waals surface area contributed by atoms with E-state index in [1.807, 2.05) is 4.90 Å². The van der Waals surface area contributed by atoms with Gasteiger partial charge in [-0.05, 0) is 56.2 Å². The fraction of sp³-hybridized carbons (Fsp3) is 0.667. The molecular formula is C24H31F4N5O4. The number of carbonyl (C=O) groups excluding carboxylic acids is 2. The molecule has 4 unspecified atom stereocenters. The van der Waals surface area contributed by atoms with E-state index in [0.29, 0.717) is 38.3 Å². The number of benzene rings is 1. The van der Waals surface area contributed by atoms with E-state index in [-0.39, 0.29) is 35.5 Å². The fourth-order valence-electron chi connectivity index (χ4n) is 6.17. The highest BCUT2D eigenvalue weighted by Gasteiger charge is 2.46. The number of piperidine rings is 1. The molecule has 1 saturated carbocycles. The lowest BCUT2D eigenvalue weighted by Crippen LogP contribution is -2.51. The molecule has 4 aliphatic rings. The Bertz CT molecular complexity index is 1030. The van der Waals surface area contributed by atoms with Crippen LogP contribution in [0.25, 0.3) is 0 Å². The smallest absolute Gasteiger partial charge is 0.445 e. The molecule has 4 atom stereocenters. The molecule has 0 bridgehead atoms. The van der Waals surface area contributed by atoms with Crippen LogP contribution in [0.15, 0.2) is 18.2 Å². The lowest BCUT2D eigenvalue weighted by Gasteiger charge is -2.42. The molecule has 5 rings (SSSR count). The first-order valence-electron chi connectivity index (χ1n) is 12.6. The Kier molecular flexibility index (Phi) is 7.20. The number of nitrogens with zero attached hydrogens (tertiary/aromatic N) is 2. The van der Waals surface area contributed by atoms with Crippen LogP contribution >= 0.6 is 0 Å². The molecule has 13 heteroatoms. The monoisotopic (exact) mass is 529 g/mol. The van der Waals surface area contributed by atoms with Crippen molar-refractivity contribution in [3.05, 3.63) is 29.6 Å². The average Bonchev–Trinajstić information content (AvgIpc) is 3.47. The van der Waals surface area contributed by atoms with Gasteiger partial charge >= 0.3 is 12.5 Å². The number of ether oxygens (including phenoxy) is 2. The molecule has 37 heavy (non-hydrogen) atoms. The zero-order valence-corrected chi connectivity index (χ0v) is 20.3. The maximum Gasteiger partial charge on any atom is 0.573 e. The second kappa shape index (κ2) is 10.3. The zero-order valence-electron chi connectivity index (χ0n) is 20.3. The van der Waals surface area contributed by atoms with Crippen LogP contribution in [0.5, 0.6) is 5.75 Å². The van der Waals surface area contributed by atoms with E-state index in [4.69, 9.17) is 4.74 Å². The largest absolute Gasteiger partial charge is 0.573 e. The molecule has 3 aliphatic heterocycles. The SMILES string of the molecule is O=C(OCc1cc(F)cc(OC(F)(F)F)c1)N1CCC2(CCCN(C(=O)C3CCC4NNNC4C3)C2)C1. The van der Waals surface area contributed by atoms with E-state index in [2.05, 4.69) is 21.1 Å². The van der Waals surface area contributed by atoms with Gasteiger partial charge in [-0.15, -0.1) is 13.2 Å². The van der Waals surface area contributed by atoms with Gasteiger partial charge in [-0.1, -0.05) is 0 Å². The molecule has 0 aromatic heterocycles. The van der Waals surface area contributed by atoms with Gasteiger partial charge in [0.15, 0.2) is 0 Å². The van der Waals surface area contributed by atoms with Crippen molar-refractivity contribution in [2.45, 2.75) is 63.6 Å². The third-order valence-electron chi connectivity index (χ3n) is 7.91. The first kappa shape index (κ1) is 26.0. The molecule has 1 spiro atoms. The van der Waals surface area contributed by atoms with Crippen LogP contribution in [0.3, 0.4) is 0 Å². The summed E-state index contributed by atoms with van der Waals surface area (Å²) in [7, 11) is 0. The van der Waals surface area contributed by atoms with Crippen molar-refractivity contribution in [3.63, 3.8) is 0 Å². The van der Waals surface area contributed by atoms with E-state index in [0.717, 1.165) is 50.7 Å². The van der Waals surface area contributed by atoms with Crippen LogP contribution in [0.4, 0.5) is 22.4 Å². The topological polar surface area (TPSA) is 95.2 Å². The van der Waals surface area contributed by atoms with Crippen molar-refractivity contribution in [3.8, 4) is 5.75 Å². The number of alkyl halides is 3. The molecule has 2 amide bonds. The number of fused-ring (bicyclic) bond motifs is 1. The summed E-state index contributed by atoms with van der Waals surface area (Å²) in [4.78, 5) is 29.6. The Labute approximate surface area is 211 Å². The number of hydrogen-bond acceptors (Lipinski definition) is 7. The summed E-state index contributed by atoms with van der Waals surface area (Å²) in [5.74, 6) is -1.49. The number of carbonyl (C=O) groups is 2. The number of hydrazine groups is 2. The van der Waals surface area contributed by atoms with Gasteiger partial charge < -0.3 is 19.3 Å². The van der Waals surface area contributed by atoms with Gasteiger partial charge in [0.2, 0.25) is 5.91 Å². The molecule has 1 aromatic rings. The van der Waals surface area contributed by atoms with Crippen LogP contribution < -0.4 is 21.1 Å². The molecule has 1 aliphatic carbocycles. The van der Waals surface area contributed by atoms with E-state index < -0.39 is 24.0 Å². The van der Waals surface area contributed by atoms with E-state index >= 15 is 0 Å². The number of amides is 2. The minimum Gasteiger partial charge on any atom is -0.445 e. The molecule has 4 fully saturated rings. The summed E-state index contributed by atoms with van der Waals surface area (Å²) in [5.41, 5.74) is 9.16. The summed E-state index contributed by atoms with van der Waals surface area (Å²) in [6.07, 6.45) is -0.534. The van der Waals surface area contributed by atoms with Crippen molar-refractivity contribution in [1.29, 1.82) is 0 Å². The second-order valence-corrected chi connectivity index (χ2v) is 10.6. The lowest BCUT2D eigenvalue weighted by atomic mass is 9.77. The average molecular weight is 530 g/mol. The normalized spacial score (nSPS) is 29.9. The van der Waals surface area contributed by atoms with Crippen molar-refractivity contribution in [1.82, 2.24) is 26.2 Å². The van der Waals surface area contributed by atoms with Crippen molar-refractivity contribution < 1.29 is 36.6 Å². The van der Waals surface area contributed by atoms with Gasteiger partial charge in [0, 0.05) is 55.7 Å². The van der Waals surface area contributed by atoms with Crippen molar-refractivity contribution in [2.24, 2.45) is 11.3 Å². The second-order valence-electron chi connectivity index (χ2n) is 10.6.